The van der Waals surface area contributed by atoms with Crippen molar-refractivity contribution >= 4 is 10.0 Å². The third-order valence-corrected chi connectivity index (χ3v) is 6.77. The molecule has 1 aromatic carbocycles. The average molecular weight is 361 g/mol. The molecule has 134 valence electrons. The first-order valence-corrected chi connectivity index (χ1v) is 10.3. The van der Waals surface area contributed by atoms with Gasteiger partial charge in [0, 0.05) is 11.8 Å². The van der Waals surface area contributed by atoms with E-state index in [0.29, 0.717) is 11.8 Å². The van der Waals surface area contributed by atoms with Gasteiger partial charge in [-0.1, -0.05) is 44.0 Å². The quantitative estimate of drug-likeness (QED) is 0.901. The molecule has 0 saturated heterocycles. The van der Waals surface area contributed by atoms with Gasteiger partial charge in [-0.05, 0) is 36.0 Å². The molecule has 2 fully saturated rings. The molecule has 0 aliphatic heterocycles. The van der Waals surface area contributed by atoms with Crippen LogP contribution in [0.25, 0.3) is 0 Å². The van der Waals surface area contributed by atoms with Crippen molar-refractivity contribution in [2.45, 2.75) is 62.2 Å². The van der Waals surface area contributed by atoms with Crippen LogP contribution in [0.4, 0.5) is 0 Å². The van der Waals surface area contributed by atoms with Gasteiger partial charge >= 0.3 is 0 Å². The fourth-order valence-electron chi connectivity index (χ4n) is 4.31. The molecule has 4 rings (SSSR count). The monoisotopic (exact) mass is 361 g/mol. The minimum atomic E-state index is -3.67. The largest absolute Gasteiger partial charge is 0.339 e. The summed E-state index contributed by atoms with van der Waals surface area (Å²) in [6.07, 6.45) is 4.77. The van der Waals surface area contributed by atoms with Crippen molar-refractivity contribution in [3.8, 4) is 0 Å². The summed E-state index contributed by atoms with van der Waals surface area (Å²) in [6.45, 7) is 4.35. The minimum absolute atomic E-state index is 0.00257. The Bertz CT molecular complexity index is 881. The molecule has 7 heteroatoms. The molecule has 2 saturated carbocycles. The minimum Gasteiger partial charge on any atom is -0.339 e. The first-order valence-electron chi connectivity index (χ1n) is 8.75. The van der Waals surface area contributed by atoms with Crippen LogP contribution in [-0.4, -0.2) is 18.6 Å². The summed E-state index contributed by atoms with van der Waals surface area (Å²) >= 11 is 0. The second kappa shape index (κ2) is 5.64. The highest BCUT2D eigenvalue weighted by molar-refractivity contribution is 7.89. The molecule has 0 amide bonds. The van der Waals surface area contributed by atoms with Gasteiger partial charge in [0.25, 0.3) is 0 Å². The SMILES string of the molecule is CC1(C)[C@@H](c2ccc(S(N)(=O)=O)cc2)[C@@H]1c1nc(C2CCCC2)no1. The Morgan fingerprint density at radius 2 is 1.76 bits per heavy atom. The highest BCUT2D eigenvalue weighted by Gasteiger charge is 2.62. The number of hydrogen-bond acceptors (Lipinski definition) is 5. The number of sulfonamides is 1. The molecule has 0 spiro atoms. The van der Waals surface area contributed by atoms with E-state index in [-0.39, 0.29) is 22.1 Å². The van der Waals surface area contributed by atoms with Gasteiger partial charge in [-0.25, -0.2) is 13.6 Å². The Morgan fingerprint density at radius 1 is 1.12 bits per heavy atom. The molecule has 25 heavy (non-hydrogen) atoms. The molecule has 2 atom stereocenters. The lowest BCUT2D eigenvalue weighted by atomic mass is 10.0. The molecule has 6 nitrogen and oxygen atoms in total. The lowest BCUT2D eigenvalue weighted by Crippen LogP contribution is -2.11. The predicted molar refractivity (Wildman–Crippen MR) is 92.6 cm³/mol. The Morgan fingerprint density at radius 3 is 2.36 bits per heavy atom. The van der Waals surface area contributed by atoms with Gasteiger partial charge in [-0.15, -0.1) is 0 Å². The van der Waals surface area contributed by atoms with Crippen molar-refractivity contribution in [3.63, 3.8) is 0 Å². The van der Waals surface area contributed by atoms with Crippen LogP contribution in [0.15, 0.2) is 33.7 Å². The van der Waals surface area contributed by atoms with Crippen LogP contribution in [0, 0.1) is 5.41 Å². The van der Waals surface area contributed by atoms with E-state index in [4.69, 9.17) is 9.66 Å². The Labute approximate surface area is 147 Å². The van der Waals surface area contributed by atoms with E-state index in [0.717, 1.165) is 24.2 Å². The van der Waals surface area contributed by atoms with Crippen LogP contribution in [0.3, 0.4) is 0 Å². The third-order valence-electron chi connectivity index (χ3n) is 5.84. The molecule has 0 unspecified atom stereocenters. The maximum absolute atomic E-state index is 11.4. The summed E-state index contributed by atoms with van der Waals surface area (Å²) in [6, 6.07) is 6.79. The van der Waals surface area contributed by atoms with Crippen molar-refractivity contribution in [1.82, 2.24) is 10.1 Å². The van der Waals surface area contributed by atoms with E-state index >= 15 is 0 Å². The normalized spacial score (nSPS) is 26.0. The zero-order valence-corrected chi connectivity index (χ0v) is 15.3. The standard InChI is InChI=1S/C18H23N3O3S/c1-18(2)14(11-7-9-13(10-8-11)25(19,22)23)15(18)17-20-16(21-24-17)12-5-3-4-6-12/h7-10,12,14-15H,3-6H2,1-2H3,(H2,19,22,23)/t14-,15+/m0/s1. The summed E-state index contributed by atoms with van der Waals surface area (Å²) in [5.74, 6) is 2.38. The van der Waals surface area contributed by atoms with E-state index < -0.39 is 10.0 Å². The number of benzene rings is 1. The van der Waals surface area contributed by atoms with E-state index in [1.165, 1.54) is 12.8 Å². The highest BCUT2D eigenvalue weighted by Crippen LogP contribution is 2.69. The van der Waals surface area contributed by atoms with Crippen molar-refractivity contribution in [1.29, 1.82) is 0 Å². The number of rotatable bonds is 4. The summed E-state index contributed by atoms with van der Waals surface area (Å²) in [5, 5.41) is 9.39. The molecule has 2 aliphatic carbocycles. The van der Waals surface area contributed by atoms with E-state index in [1.54, 1.807) is 12.1 Å². The molecule has 2 aromatic rings. The Balaban J connectivity index is 1.57. The zero-order valence-electron chi connectivity index (χ0n) is 14.5. The summed E-state index contributed by atoms with van der Waals surface area (Å²) in [5.41, 5.74) is 1.07. The fraction of sp³-hybridized carbons (Fsp3) is 0.556. The van der Waals surface area contributed by atoms with Gasteiger partial charge in [-0.2, -0.15) is 4.98 Å². The zero-order chi connectivity index (χ0) is 17.8. The smallest absolute Gasteiger partial charge is 0.238 e. The van der Waals surface area contributed by atoms with E-state index in [2.05, 4.69) is 24.0 Å². The maximum atomic E-state index is 11.4. The summed E-state index contributed by atoms with van der Waals surface area (Å²) in [4.78, 5) is 4.82. The Kier molecular flexibility index (Phi) is 3.77. The lowest BCUT2D eigenvalue weighted by Gasteiger charge is -2.04. The molecule has 1 aromatic heterocycles. The van der Waals surface area contributed by atoms with Crippen molar-refractivity contribution in [2.75, 3.05) is 0 Å². The molecule has 0 bridgehead atoms. The molecule has 2 N–H and O–H groups in total. The fourth-order valence-corrected chi connectivity index (χ4v) is 4.82. The lowest BCUT2D eigenvalue weighted by molar-refractivity contribution is 0.360. The number of aromatic nitrogens is 2. The Hall–Kier alpha value is -1.73. The third kappa shape index (κ3) is 2.89. The van der Waals surface area contributed by atoms with Crippen LogP contribution in [0.2, 0.25) is 0 Å². The molecule has 1 heterocycles. The van der Waals surface area contributed by atoms with Crippen LogP contribution in [-0.2, 0) is 10.0 Å². The van der Waals surface area contributed by atoms with Crippen molar-refractivity contribution < 1.29 is 12.9 Å². The van der Waals surface area contributed by atoms with E-state index in [9.17, 15) is 8.42 Å². The highest BCUT2D eigenvalue weighted by atomic mass is 32.2. The van der Waals surface area contributed by atoms with Crippen molar-refractivity contribution in [2.24, 2.45) is 10.6 Å². The van der Waals surface area contributed by atoms with Gasteiger partial charge < -0.3 is 4.52 Å². The van der Waals surface area contributed by atoms with E-state index in [1.807, 2.05) is 12.1 Å². The topological polar surface area (TPSA) is 99.1 Å². The molecule has 2 aliphatic rings. The first-order chi connectivity index (χ1) is 11.8. The van der Waals surface area contributed by atoms with Gasteiger partial charge in [-0.3, -0.25) is 0 Å². The maximum Gasteiger partial charge on any atom is 0.238 e. The van der Waals surface area contributed by atoms with Crippen LogP contribution >= 0.6 is 0 Å². The second-order valence-electron chi connectivity index (χ2n) is 7.86. The van der Waals surface area contributed by atoms with Gasteiger partial charge in [0.1, 0.15) is 0 Å². The number of nitrogens with zero attached hydrogens (tertiary/aromatic N) is 2. The van der Waals surface area contributed by atoms with Crippen LogP contribution in [0.5, 0.6) is 0 Å². The summed E-state index contributed by atoms with van der Waals surface area (Å²) < 4.78 is 28.4. The molecule has 0 radical (unpaired) electrons. The van der Waals surface area contributed by atoms with Gasteiger partial charge in [0.2, 0.25) is 15.9 Å². The van der Waals surface area contributed by atoms with Crippen LogP contribution < -0.4 is 5.14 Å². The molecular weight excluding hydrogens is 338 g/mol. The first kappa shape index (κ1) is 16.7. The number of primary sulfonamides is 1. The number of hydrogen-bond donors (Lipinski definition) is 1. The molecular formula is C18H23N3O3S. The number of nitrogens with two attached hydrogens (primary N) is 1. The summed E-state index contributed by atoms with van der Waals surface area (Å²) in [7, 11) is -3.67. The predicted octanol–water partition coefficient (Wildman–Crippen LogP) is 3.28. The van der Waals surface area contributed by atoms with Crippen LogP contribution in [0.1, 0.15) is 74.6 Å². The average Bonchev–Trinajstić information content (AvgIpc) is 3.03. The van der Waals surface area contributed by atoms with Gasteiger partial charge in [0.05, 0.1) is 10.8 Å². The second-order valence-corrected chi connectivity index (χ2v) is 9.42. The van der Waals surface area contributed by atoms with Crippen molar-refractivity contribution in [3.05, 3.63) is 41.5 Å². The van der Waals surface area contributed by atoms with Gasteiger partial charge in [0.15, 0.2) is 5.82 Å².